The van der Waals surface area contributed by atoms with Crippen LogP contribution in [0.3, 0.4) is 0 Å². The predicted molar refractivity (Wildman–Crippen MR) is 88.2 cm³/mol. The third-order valence-electron chi connectivity index (χ3n) is 3.92. The Morgan fingerprint density at radius 3 is 2.96 bits per heavy atom. The number of nitrogens with zero attached hydrogens (tertiary/aromatic N) is 4. The molecule has 7 nitrogen and oxygen atoms in total. The molecular formula is C16H29N5O2. The number of amides is 1. The minimum Gasteiger partial charge on any atom is -0.396 e. The second-order valence-electron chi connectivity index (χ2n) is 7.51. The Labute approximate surface area is 138 Å². The van der Waals surface area contributed by atoms with Gasteiger partial charge < -0.3 is 15.3 Å². The van der Waals surface area contributed by atoms with E-state index in [2.05, 4.69) is 41.3 Å². The zero-order chi connectivity index (χ0) is 16.9. The lowest BCUT2D eigenvalue weighted by Gasteiger charge is -2.36. The third kappa shape index (κ3) is 5.58. The summed E-state index contributed by atoms with van der Waals surface area (Å²) in [6.45, 7) is 10.4. The topological polar surface area (TPSA) is 83.3 Å². The fourth-order valence-electron chi connectivity index (χ4n) is 2.99. The van der Waals surface area contributed by atoms with Crippen LogP contribution in [0.4, 0.5) is 0 Å². The van der Waals surface area contributed by atoms with E-state index in [1.807, 2.05) is 4.68 Å². The molecule has 2 heterocycles. The minimum absolute atomic E-state index is 0.0681. The molecule has 2 rings (SSSR count). The van der Waals surface area contributed by atoms with Crippen molar-refractivity contribution in [2.45, 2.75) is 46.1 Å². The Hall–Kier alpha value is -1.47. The second-order valence-corrected chi connectivity index (χ2v) is 7.51. The van der Waals surface area contributed by atoms with E-state index in [9.17, 15) is 4.79 Å². The van der Waals surface area contributed by atoms with Crippen LogP contribution in [0.2, 0.25) is 0 Å². The highest BCUT2D eigenvalue weighted by molar-refractivity contribution is 5.91. The maximum Gasteiger partial charge on any atom is 0.273 e. The maximum atomic E-state index is 11.9. The maximum absolute atomic E-state index is 11.9. The Balaban J connectivity index is 1.93. The quantitative estimate of drug-likeness (QED) is 0.765. The van der Waals surface area contributed by atoms with E-state index in [0.29, 0.717) is 18.7 Å². The standard InChI is InChI=1S/C16H29N5O2/c1-16(2,3)12-20-8-4-6-13(10-20)21-11-14(18-19-21)15(23)17-7-5-9-22/h11,13,22H,4-10,12H2,1-3H3,(H,17,23). The molecule has 0 aromatic carbocycles. The van der Waals surface area contributed by atoms with Crippen molar-refractivity contribution in [1.29, 1.82) is 0 Å². The van der Waals surface area contributed by atoms with Crippen molar-refractivity contribution in [1.82, 2.24) is 25.2 Å². The Kier molecular flexibility index (Phi) is 6.12. The van der Waals surface area contributed by atoms with E-state index in [4.69, 9.17) is 5.11 Å². The Morgan fingerprint density at radius 2 is 2.26 bits per heavy atom. The van der Waals surface area contributed by atoms with E-state index in [0.717, 1.165) is 32.5 Å². The number of carbonyl (C=O) groups is 1. The number of aromatic nitrogens is 3. The van der Waals surface area contributed by atoms with Crippen LogP contribution in [0.5, 0.6) is 0 Å². The SMILES string of the molecule is CC(C)(C)CN1CCCC(n2cc(C(=O)NCCCO)nn2)C1. The fraction of sp³-hybridized carbons (Fsp3) is 0.812. The number of hydrogen-bond acceptors (Lipinski definition) is 5. The molecule has 0 spiro atoms. The molecule has 0 bridgehead atoms. The summed E-state index contributed by atoms with van der Waals surface area (Å²) in [5, 5.41) is 19.6. The van der Waals surface area contributed by atoms with Gasteiger partial charge in [0.15, 0.2) is 5.69 Å². The van der Waals surface area contributed by atoms with Gasteiger partial charge in [-0.3, -0.25) is 4.79 Å². The molecule has 1 fully saturated rings. The molecular weight excluding hydrogens is 294 g/mol. The lowest BCUT2D eigenvalue weighted by molar-refractivity contribution is 0.0946. The molecule has 1 unspecified atom stereocenters. The van der Waals surface area contributed by atoms with Crippen LogP contribution < -0.4 is 5.32 Å². The summed E-state index contributed by atoms with van der Waals surface area (Å²) in [7, 11) is 0. The zero-order valence-corrected chi connectivity index (χ0v) is 14.5. The van der Waals surface area contributed by atoms with E-state index >= 15 is 0 Å². The molecule has 23 heavy (non-hydrogen) atoms. The van der Waals surface area contributed by atoms with Gasteiger partial charge in [-0.05, 0) is 31.2 Å². The molecule has 1 saturated heterocycles. The van der Waals surface area contributed by atoms with Gasteiger partial charge in [0.25, 0.3) is 5.91 Å². The van der Waals surface area contributed by atoms with Crippen molar-refractivity contribution >= 4 is 5.91 Å². The van der Waals surface area contributed by atoms with Gasteiger partial charge in [-0.15, -0.1) is 5.10 Å². The molecule has 1 aliphatic rings. The highest BCUT2D eigenvalue weighted by atomic mass is 16.3. The summed E-state index contributed by atoms with van der Waals surface area (Å²) in [6.07, 6.45) is 4.48. The van der Waals surface area contributed by atoms with Crippen molar-refractivity contribution in [2.24, 2.45) is 5.41 Å². The Bertz CT molecular complexity index is 509. The van der Waals surface area contributed by atoms with E-state index in [1.165, 1.54) is 0 Å². The first kappa shape index (κ1) is 17.9. The summed E-state index contributed by atoms with van der Waals surface area (Å²) in [5.41, 5.74) is 0.623. The number of likely N-dealkylation sites (tertiary alicyclic amines) is 1. The molecule has 0 saturated carbocycles. The van der Waals surface area contributed by atoms with Crippen LogP contribution in [-0.4, -0.2) is 63.7 Å². The summed E-state index contributed by atoms with van der Waals surface area (Å²) in [4.78, 5) is 14.4. The summed E-state index contributed by atoms with van der Waals surface area (Å²) in [6, 6.07) is 0.276. The lowest BCUT2D eigenvalue weighted by Crippen LogP contribution is -2.41. The molecule has 7 heteroatoms. The smallest absolute Gasteiger partial charge is 0.273 e. The average Bonchev–Trinajstić information content (AvgIpc) is 2.96. The van der Waals surface area contributed by atoms with Crippen molar-refractivity contribution in [3.63, 3.8) is 0 Å². The molecule has 2 N–H and O–H groups in total. The van der Waals surface area contributed by atoms with Gasteiger partial charge in [0.2, 0.25) is 0 Å². The zero-order valence-electron chi connectivity index (χ0n) is 14.5. The van der Waals surface area contributed by atoms with Crippen molar-refractivity contribution < 1.29 is 9.90 Å². The number of hydrogen-bond donors (Lipinski definition) is 2. The third-order valence-corrected chi connectivity index (χ3v) is 3.92. The molecule has 130 valence electrons. The summed E-state index contributed by atoms with van der Waals surface area (Å²) >= 11 is 0. The minimum atomic E-state index is -0.230. The normalized spacial score (nSPS) is 19.7. The first-order valence-corrected chi connectivity index (χ1v) is 8.42. The van der Waals surface area contributed by atoms with Gasteiger partial charge >= 0.3 is 0 Å². The van der Waals surface area contributed by atoms with Crippen molar-refractivity contribution in [3.05, 3.63) is 11.9 Å². The van der Waals surface area contributed by atoms with Crippen molar-refractivity contribution in [2.75, 3.05) is 32.8 Å². The summed E-state index contributed by atoms with van der Waals surface area (Å²) in [5.74, 6) is -0.230. The summed E-state index contributed by atoms with van der Waals surface area (Å²) < 4.78 is 1.83. The van der Waals surface area contributed by atoms with Crippen LogP contribution in [0, 0.1) is 5.41 Å². The number of piperidine rings is 1. The van der Waals surface area contributed by atoms with E-state index < -0.39 is 0 Å². The van der Waals surface area contributed by atoms with Crippen LogP contribution >= 0.6 is 0 Å². The van der Waals surface area contributed by atoms with E-state index in [-0.39, 0.29) is 24.0 Å². The average molecular weight is 323 g/mol. The van der Waals surface area contributed by atoms with Crippen LogP contribution in [0.15, 0.2) is 6.20 Å². The first-order chi connectivity index (χ1) is 10.9. The number of nitrogens with one attached hydrogen (secondary N) is 1. The molecule has 1 aromatic heterocycles. The van der Waals surface area contributed by atoms with Gasteiger partial charge in [-0.25, -0.2) is 4.68 Å². The molecule has 1 aromatic rings. The van der Waals surface area contributed by atoms with Crippen LogP contribution in [-0.2, 0) is 0 Å². The molecule has 1 aliphatic heterocycles. The van der Waals surface area contributed by atoms with Gasteiger partial charge in [0.1, 0.15) is 0 Å². The number of aliphatic hydroxyl groups excluding tert-OH is 1. The number of carbonyl (C=O) groups excluding carboxylic acids is 1. The second kappa shape index (κ2) is 7.88. The number of aliphatic hydroxyl groups is 1. The molecule has 0 radical (unpaired) electrons. The largest absolute Gasteiger partial charge is 0.396 e. The number of rotatable bonds is 6. The van der Waals surface area contributed by atoms with Gasteiger partial charge in [-0.1, -0.05) is 26.0 Å². The van der Waals surface area contributed by atoms with Crippen LogP contribution in [0.25, 0.3) is 0 Å². The van der Waals surface area contributed by atoms with E-state index in [1.54, 1.807) is 6.20 Å². The lowest BCUT2D eigenvalue weighted by atomic mass is 9.94. The van der Waals surface area contributed by atoms with Crippen molar-refractivity contribution in [3.8, 4) is 0 Å². The van der Waals surface area contributed by atoms with Gasteiger partial charge in [-0.2, -0.15) is 0 Å². The monoisotopic (exact) mass is 323 g/mol. The first-order valence-electron chi connectivity index (χ1n) is 8.42. The van der Waals surface area contributed by atoms with Gasteiger partial charge in [0.05, 0.1) is 12.2 Å². The molecule has 0 aliphatic carbocycles. The van der Waals surface area contributed by atoms with Crippen LogP contribution in [0.1, 0.15) is 56.6 Å². The highest BCUT2D eigenvalue weighted by Gasteiger charge is 2.26. The molecule has 1 atom stereocenters. The fourth-order valence-corrected chi connectivity index (χ4v) is 2.99. The molecule has 1 amide bonds. The predicted octanol–water partition coefficient (Wildman–Crippen LogP) is 1.07. The Morgan fingerprint density at radius 1 is 1.48 bits per heavy atom. The van der Waals surface area contributed by atoms with Gasteiger partial charge in [0, 0.05) is 26.2 Å². The highest BCUT2D eigenvalue weighted by Crippen LogP contribution is 2.24.